The Hall–Kier alpha value is -2.38. The molecule has 0 bridgehead atoms. The van der Waals surface area contributed by atoms with Crippen LogP contribution in [0.2, 0.25) is 0 Å². The average molecular weight is 397 g/mol. The highest BCUT2D eigenvalue weighted by molar-refractivity contribution is 7.15. The van der Waals surface area contributed by atoms with E-state index in [-0.39, 0.29) is 18.1 Å². The lowest BCUT2D eigenvalue weighted by Crippen LogP contribution is -2.36. The summed E-state index contributed by atoms with van der Waals surface area (Å²) in [6.45, 7) is 1.27. The number of hydrogen-bond acceptors (Lipinski definition) is 5. The first-order valence-corrected chi connectivity index (χ1v) is 10.8. The summed E-state index contributed by atoms with van der Waals surface area (Å²) in [5, 5.41) is 15.5. The first-order valence-electron chi connectivity index (χ1n) is 9.97. The van der Waals surface area contributed by atoms with Gasteiger partial charge in [-0.05, 0) is 25.0 Å². The van der Waals surface area contributed by atoms with Gasteiger partial charge in [0.2, 0.25) is 0 Å². The van der Waals surface area contributed by atoms with E-state index in [4.69, 9.17) is 4.98 Å². The Morgan fingerprint density at radius 2 is 2.14 bits per heavy atom. The number of rotatable bonds is 3. The number of amides is 1. The monoisotopic (exact) mass is 396 g/mol. The standard InChI is InChI=1S/C21H24N4O2S/c26-18-8-4-3-7-15(18)23-21-24-16-9-10-25(12-19(16)28-21)20(27)17-11-13-5-1-2-6-14(13)22-17/h1-2,5-6,11,15,18,22,26H,3-4,7-10,12H2,(H,23,24)/t15-,18+/m1/s1. The quantitative estimate of drug-likeness (QED) is 0.633. The van der Waals surface area contributed by atoms with E-state index in [1.807, 2.05) is 35.2 Å². The normalized spacial score (nSPS) is 22.2. The maximum absolute atomic E-state index is 13.0. The number of carbonyl (C=O) groups excluding carboxylic acids is 1. The van der Waals surface area contributed by atoms with E-state index in [1.165, 1.54) is 0 Å². The molecule has 28 heavy (non-hydrogen) atoms. The van der Waals surface area contributed by atoms with Gasteiger partial charge in [-0.3, -0.25) is 4.79 Å². The van der Waals surface area contributed by atoms with Gasteiger partial charge in [-0.1, -0.05) is 42.4 Å². The molecule has 1 aliphatic carbocycles. The van der Waals surface area contributed by atoms with Crippen LogP contribution in [0.4, 0.5) is 5.13 Å². The molecule has 6 nitrogen and oxygen atoms in total. The first kappa shape index (κ1) is 17.7. The van der Waals surface area contributed by atoms with E-state index < -0.39 is 0 Å². The summed E-state index contributed by atoms with van der Waals surface area (Å²) in [6, 6.07) is 9.96. The smallest absolute Gasteiger partial charge is 0.270 e. The Morgan fingerprint density at radius 3 is 3.00 bits per heavy atom. The average Bonchev–Trinajstić information content (AvgIpc) is 3.32. The topological polar surface area (TPSA) is 81.2 Å². The molecule has 2 aromatic heterocycles. The van der Waals surface area contributed by atoms with E-state index in [1.54, 1.807) is 11.3 Å². The predicted molar refractivity (Wildman–Crippen MR) is 111 cm³/mol. The minimum Gasteiger partial charge on any atom is -0.391 e. The Bertz CT molecular complexity index is 978. The van der Waals surface area contributed by atoms with E-state index in [0.29, 0.717) is 18.8 Å². The molecule has 1 saturated carbocycles. The van der Waals surface area contributed by atoms with Crippen molar-refractivity contribution in [2.45, 2.75) is 50.8 Å². The number of aromatic nitrogens is 2. The summed E-state index contributed by atoms with van der Waals surface area (Å²) in [5.74, 6) is 0.0347. The Labute approximate surface area is 167 Å². The summed E-state index contributed by atoms with van der Waals surface area (Å²) >= 11 is 1.61. The zero-order valence-electron chi connectivity index (χ0n) is 15.6. The van der Waals surface area contributed by atoms with Crippen LogP contribution in [0.25, 0.3) is 10.9 Å². The number of aromatic amines is 1. The minimum absolute atomic E-state index is 0.0347. The molecule has 2 atom stereocenters. The van der Waals surface area contributed by atoms with Crippen molar-refractivity contribution in [1.29, 1.82) is 0 Å². The van der Waals surface area contributed by atoms with Crippen molar-refractivity contribution in [1.82, 2.24) is 14.9 Å². The summed E-state index contributed by atoms with van der Waals surface area (Å²) < 4.78 is 0. The molecule has 0 unspecified atom stereocenters. The lowest BCUT2D eigenvalue weighted by atomic mass is 9.93. The SMILES string of the molecule is O=C(c1cc2ccccc2[nH]1)N1CCc2nc(N[C@@H]3CCCC[C@@H]3O)sc2C1. The summed E-state index contributed by atoms with van der Waals surface area (Å²) in [5.41, 5.74) is 2.70. The fraction of sp³-hybridized carbons (Fsp3) is 0.429. The van der Waals surface area contributed by atoms with Crippen molar-refractivity contribution >= 4 is 33.3 Å². The number of para-hydroxylation sites is 1. The van der Waals surface area contributed by atoms with Crippen LogP contribution in [0.15, 0.2) is 30.3 Å². The third kappa shape index (κ3) is 3.29. The molecule has 2 aliphatic rings. The van der Waals surface area contributed by atoms with Crippen LogP contribution in [0.1, 0.15) is 46.7 Å². The first-order chi connectivity index (χ1) is 13.7. The third-order valence-corrected chi connectivity index (χ3v) is 6.83. The van der Waals surface area contributed by atoms with Crippen molar-refractivity contribution < 1.29 is 9.90 Å². The molecule has 3 heterocycles. The van der Waals surface area contributed by atoms with Crippen LogP contribution in [0.5, 0.6) is 0 Å². The van der Waals surface area contributed by atoms with Crippen LogP contribution in [-0.2, 0) is 13.0 Å². The largest absolute Gasteiger partial charge is 0.391 e. The maximum atomic E-state index is 13.0. The summed E-state index contributed by atoms with van der Waals surface area (Å²) in [7, 11) is 0. The minimum atomic E-state index is -0.297. The highest BCUT2D eigenvalue weighted by atomic mass is 32.1. The zero-order chi connectivity index (χ0) is 19.1. The van der Waals surface area contributed by atoms with Crippen LogP contribution in [-0.4, -0.2) is 44.6 Å². The van der Waals surface area contributed by atoms with Crippen LogP contribution in [0.3, 0.4) is 0 Å². The van der Waals surface area contributed by atoms with E-state index in [0.717, 1.165) is 58.7 Å². The lowest BCUT2D eigenvalue weighted by molar-refractivity contribution is 0.0731. The molecule has 5 rings (SSSR count). The van der Waals surface area contributed by atoms with Gasteiger partial charge in [-0.2, -0.15) is 0 Å². The van der Waals surface area contributed by atoms with Crippen molar-refractivity contribution in [2.75, 3.05) is 11.9 Å². The number of nitrogens with zero attached hydrogens (tertiary/aromatic N) is 2. The predicted octanol–water partition coefficient (Wildman–Crippen LogP) is 3.54. The highest BCUT2D eigenvalue weighted by Crippen LogP contribution is 2.31. The molecule has 3 aromatic rings. The van der Waals surface area contributed by atoms with Gasteiger partial charge in [-0.15, -0.1) is 0 Å². The second kappa shape index (κ2) is 7.22. The molecule has 1 amide bonds. The molecule has 7 heteroatoms. The number of fused-ring (bicyclic) bond motifs is 2. The van der Waals surface area contributed by atoms with Crippen molar-refractivity contribution in [3.8, 4) is 0 Å². The molecule has 3 N–H and O–H groups in total. The molecular formula is C21H24N4O2S. The fourth-order valence-electron chi connectivity index (χ4n) is 4.23. The molecule has 1 aromatic carbocycles. The number of aliphatic hydroxyl groups excluding tert-OH is 1. The summed E-state index contributed by atoms with van der Waals surface area (Å²) in [4.78, 5) is 24.0. The Kier molecular flexibility index (Phi) is 4.56. The van der Waals surface area contributed by atoms with E-state index in [2.05, 4.69) is 10.3 Å². The number of carbonyl (C=O) groups is 1. The van der Waals surface area contributed by atoms with E-state index in [9.17, 15) is 9.90 Å². The Balaban J connectivity index is 1.30. The van der Waals surface area contributed by atoms with Gasteiger partial charge in [-0.25, -0.2) is 4.98 Å². The number of thiazole rings is 1. The van der Waals surface area contributed by atoms with Gasteiger partial charge < -0.3 is 20.3 Å². The van der Waals surface area contributed by atoms with Crippen molar-refractivity contribution in [2.24, 2.45) is 0 Å². The molecule has 146 valence electrons. The fourth-order valence-corrected chi connectivity index (χ4v) is 5.31. The second-order valence-corrected chi connectivity index (χ2v) is 8.82. The number of hydrogen-bond donors (Lipinski definition) is 3. The third-order valence-electron chi connectivity index (χ3n) is 5.82. The van der Waals surface area contributed by atoms with Crippen LogP contribution >= 0.6 is 11.3 Å². The van der Waals surface area contributed by atoms with Gasteiger partial charge in [0.25, 0.3) is 5.91 Å². The van der Waals surface area contributed by atoms with Gasteiger partial charge >= 0.3 is 0 Å². The number of benzene rings is 1. The summed E-state index contributed by atoms with van der Waals surface area (Å²) in [6.07, 6.45) is 4.55. The molecule has 1 fully saturated rings. The molecule has 1 aliphatic heterocycles. The second-order valence-electron chi connectivity index (χ2n) is 7.74. The molecule has 0 radical (unpaired) electrons. The number of aliphatic hydroxyl groups is 1. The Morgan fingerprint density at radius 1 is 1.29 bits per heavy atom. The maximum Gasteiger partial charge on any atom is 0.270 e. The number of nitrogens with one attached hydrogen (secondary N) is 2. The lowest BCUT2D eigenvalue weighted by Gasteiger charge is -2.28. The van der Waals surface area contributed by atoms with Crippen molar-refractivity contribution in [3.63, 3.8) is 0 Å². The van der Waals surface area contributed by atoms with E-state index >= 15 is 0 Å². The number of H-pyrrole nitrogens is 1. The molecule has 0 spiro atoms. The van der Waals surface area contributed by atoms with Crippen LogP contribution in [0, 0.1) is 0 Å². The van der Waals surface area contributed by atoms with Gasteiger partial charge in [0.1, 0.15) is 5.69 Å². The highest BCUT2D eigenvalue weighted by Gasteiger charge is 2.28. The van der Waals surface area contributed by atoms with Crippen molar-refractivity contribution in [3.05, 3.63) is 46.6 Å². The zero-order valence-corrected chi connectivity index (χ0v) is 16.5. The van der Waals surface area contributed by atoms with Gasteiger partial charge in [0, 0.05) is 28.7 Å². The molecule has 0 saturated heterocycles. The van der Waals surface area contributed by atoms with Crippen LogP contribution < -0.4 is 5.32 Å². The van der Waals surface area contributed by atoms with Gasteiger partial charge in [0.05, 0.1) is 24.4 Å². The van der Waals surface area contributed by atoms with Gasteiger partial charge in [0.15, 0.2) is 5.13 Å². The number of anilines is 1. The molecular weight excluding hydrogens is 372 g/mol.